The second-order valence-electron chi connectivity index (χ2n) is 7.79. The van der Waals surface area contributed by atoms with E-state index in [1.165, 1.54) is 18.4 Å². The number of carbonyl (C=O) groups excluding carboxylic acids is 1. The summed E-state index contributed by atoms with van der Waals surface area (Å²) in [5.74, 6) is 0.427. The van der Waals surface area contributed by atoms with Crippen molar-refractivity contribution in [2.75, 3.05) is 13.7 Å². The van der Waals surface area contributed by atoms with E-state index in [-0.39, 0.29) is 5.97 Å². The van der Waals surface area contributed by atoms with Crippen LogP contribution in [0.2, 0.25) is 0 Å². The van der Waals surface area contributed by atoms with Crippen LogP contribution in [0.25, 0.3) is 16.6 Å². The molecule has 6 heteroatoms. The molecular formula is C24H29N3O3. The second kappa shape index (κ2) is 8.96. The monoisotopic (exact) mass is 407 g/mol. The van der Waals surface area contributed by atoms with Crippen LogP contribution in [0.5, 0.6) is 0 Å². The molecule has 0 atom stereocenters. The van der Waals surface area contributed by atoms with E-state index in [0.29, 0.717) is 32.0 Å². The largest absolute Gasteiger partial charge is 0.466 e. The maximum Gasteiger partial charge on any atom is 0.306 e. The third-order valence-corrected chi connectivity index (χ3v) is 5.69. The molecule has 3 heterocycles. The first-order valence-electron chi connectivity index (χ1n) is 10.8. The molecule has 1 aliphatic rings. The van der Waals surface area contributed by atoms with Gasteiger partial charge in [0.15, 0.2) is 0 Å². The molecule has 1 saturated carbocycles. The number of nitrogens with zero attached hydrogens (tertiary/aromatic N) is 3. The number of hydrogen-bond acceptors (Lipinski definition) is 5. The maximum absolute atomic E-state index is 12.1. The molecule has 0 saturated heterocycles. The van der Waals surface area contributed by atoms with Gasteiger partial charge >= 0.3 is 5.97 Å². The Hall–Kier alpha value is -2.73. The molecule has 158 valence electrons. The highest BCUT2D eigenvalue weighted by atomic mass is 16.5. The summed E-state index contributed by atoms with van der Waals surface area (Å²) < 4.78 is 12.7. The van der Waals surface area contributed by atoms with Gasteiger partial charge in [-0.2, -0.15) is 5.10 Å². The van der Waals surface area contributed by atoms with Gasteiger partial charge in [0.05, 0.1) is 24.4 Å². The molecule has 0 aromatic carbocycles. The van der Waals surface area contributed by atoms with Gasteiger partial charge in [0, 0.05) is 42.7 Å². The van der Waals surface area contributed by atoms with Gasteiger partial charge < -0.3 is 9.47 Å². The zero-order chi connectivity index (χ0) is 21.1. The van der Waals surface area contributed by atoms with Crippen molar-refractivity contribution in [3.8, 4) is 11.1 Å². The molecule has 0 bridgehead atoms. The molecule has 6 nitrogen and oxygen atoms in total. The van der Waals surface area contributed by atoms with E-state index in [1.807, 2.05) is 23.8 Å². The number of aryl methyl sites for hydroxylation is 1. The standard InChI is InChI=1S/C24H29N3O3/c1-4-19-8-10-22-24(18-12-17(13-25-14-18)16-6-7-16)20(9-11-23(28)30-5-2)21(15-29-3)26-27(19)22/h8,10,12-14,16H,4-7,9,11,15H2,1-3H3. The molecule has 4 rings (SSSR count). The maximum atomic E-state index is 12.1. The molecule has 0 unspecified atom stereocenters. The summed E-state index contributed by atoms with van der Waals surface area (Å²) in [6, 6.07) is 6.49. The van der Waals surface area contributed by atoms with Crippen LogP contribution in [-0.2, 0) is 33.7 Å². The summed E-state index contributed by atoms with van der Waals surface area (Å²) >= 11 is 0. The number of hydrogen-bond donors (Lipinski definition) is 0. The molecule has 1 fully saturated rings. The first-order chi connectivity index (χ1) is 14.7. The summed E-state index contributed by atoms with van der Waals surface area (Å²) in [6.07, 6.45) is 8.10. The van der Waals surface area contributed by atoms with Gasteiger partial charge in [-0.05, 0) is 67.9 Å². The van der Waals surface area contributed by atoms with E-state index in [1.54, 1.807) is 7.11 Å². The van der Waals surface area contributed by atoms with Gasteiger partial charge in [-0.25, -0.2) is 4.52 Å². The van der Waals surface area contributed by atoms with Gasteiger partial charge in [-0.15, -0.1) is 0 Å². The highest BCUT2D eigenvalue weighted by Gasteiger charge is 2.25. The number of methoxy groups -OCH3 is 1. The molecule has 3 aromatic heterocycles. The SMILES string of the molecule is CCOC(=O)CCc1c(COC)nn2c(CC)ccc2c1-c1cncc(C2CC2)c1. The van der Waals surface area contributed by atoms with Gasteiger partial charge in [-0.1, -0.05) is 6.92 Å². The average molecular weight is 408 g/mol. The molecule has 0 radical (unpaired) electrons. The number of rotatable bonds is 9. The Kier molecular flexibility index (Phi) is 6.13. The molecule has 3 aromatic rings. The van der Waals surface area contributed by atoms with Crippen LogP contribution in [0.1, 0.15) is 61.5 Å². The van der Waals surface area contributed by atoms with Crippen molar-refractivity contribution in [3.63, 3.8) is 0 Å². The van der Waals surface area contributed by atoms with Gasteiger partial charge in [0.25, 0.3) is 0 Å². The first-order valence-corrected chi connectivity index (χ1v) is 10.8. The van der Waals surface area contributed by atoms with Crippen molar-refractivity contribution in [3.05, 3.63) is 53.1 Å². The van der Waals surface area contributed by atoms with Crippen molar-refractivity contribution in [1.82, 2.24) is 14.6 Å². The number of pyridine rings is 1. The van der Waals surface area contributed by atoms with E-state index in [0.717, 1.165) is 40.0 Å². The minimum atomic E-state index is -0.193. The second-order valence-corrected chi connectivity index (χ2v) is 7.79. The Bertz CT molecular complexity index is 1050. The Balaban J connectivity index is 1.89. The number of aromatic nitrogens is 3. The van der Waals surface area contributed by atoms with E-state index >= 15 is 0 Å². The highest BCUT2D eigenvalue weighted by Crippen LogP contribution is 2.41. The van der Waals surface area contributed by atoms with E-state index in [2.05, 4.69) is 30.1 Å². The van der Waals surface area contributed by atoms with Crippen molar-refractivity contribution in [2.45, 2.75) is 58.5 Å². The quantitative estimate of drug-likeness (QED) is 0.489. The molecule has 0 amide bonds. The van der Waals surface area contributed by atoms with E-state index in [9.17, 15) is 4.79 Å². The minimum absolute atomic E-state index is 0.193. The Morgan fingerprint density at radius 1 is 1.23 bits per heavy atom. The normalized spacial score (nSPS) is 13.7. The van der Waals surface area contributed by atoms with Crippen LogP contribution in [0, 0.1) is 0 Å². The molecule has 1 aliphatic carbocycles. The predicted octanol–water partition coefficient (Wildman–Crippen LogP) is 4.48. The van der Waals surface area contributed by atoms with Crippen LogP contribution in [-0.4, -0.2) is 34.3 Å². The fraction of sp³-hybridized carbons (Fsp3) is 0.458. The van der Waals surface area contributed by atoms with Crippen LogP contribution < -0.4 is 0 Å². The van der Waals surface area contributed by atoms with E-state index < -0.39 is 0 Å². The van der Waals surface area contributed by atoms with Crippen molar-refractivity contribution < 1.29 is 14.3 Å². The topological polar surface area (TPSA) is 65.7 Å². The van der Waals surface area contributed by atoms with Crippen LogP contribution in [0.3, 0.4) is 0 Å². The summed E-state index contributed by atoms with van der Waals surface area (Å²) in [4.78, 5) is 16.7. The molecule has 0 spiro atoms. The van der Waals surface area contributed by atoms with Crippen LogP contribution in [0.4, 0.5) is 0 Å². The third-order valence-electron chi connectivity index (χ3n) is 5.69. The molecule has 0 aliphatic heterocycles. The number of fused-ring (bicyclic) bond motifs is 1. The summed E-state index contributed by atoms with van der Waals surface area (Å²) in [5.41, 5.74) is 7.53. The lowest BCUT2D eigenvalue weighted by Gasteiger charge is -2.17. The average Bonchev–Trinajstić information content (AvgIpc) is 3.53. The summed E-state index contributed by atoms with van der Waals surface area (Å²) in [6.45, 7) is 4.73. The fourth-order valence-electron chi connectivity index (χ4n) is 4.06. The number of carbonyl (C=O) groups is 1. The molecule has 30 heavy (non-hydrogen) atoms. The Morgan fingerprint density at radius 3 is 2.77 bits per heavy atom. The zero-order valence-corrected chi connectivity index (χ0v) is 18.0. The van der Waals surface area contributed by atoms with Crippen LogP contribution >= 0.6 is 0 Å². The minimum Gasteiger partial charge on any atom is -0.466 e. The van der Waals surface area contributed by atoms with Gasteiger partial charge in [0.1, 0.15) is 0 Å². The van der Waals surface area contributed by atoms with Gasteiger partial charge in [0.2, 0.25) is 0 Å². The summed E-state index contributed by atoms with van der Waals surface area (Å²) in [5, 5.41) is 4.89. The van der Waals surface area contributed by atoms with Crippen LogP contribution in [0.15, 0.2) is 30.6 Å². The van der Waals surface area contributed by atoms with Crippen molar-refractivity contribution >= 4 is 11.5 Å². The zero-order valence-electron chi connectivity index (χ0n) is 18.0. The van der Waals surface area contributed by atoms with Crippen molar-refractivity contribution in [1.29, 1.82) is 0 Å². The number of esters is 1. The first kappa shape index (κ1) is 20.5. The third kappa shape index (κ3) is 4.10. The Morgan fingerprint density at radius 2 is 2.07 bits per heavy atom. The fourth-order valence-corrected chi connectivity index (χ4v) is 4.06. The molecule has 0 N–H and O–H groups in total. The molecular weight excluding hydrogens is 378 g/mol. The lowest BCUT2D eigenvalue weighted by atomic mass is 9.95. The Labute approximate surface area is 177 Å². The summed E-state index contributed by atoms with van der Waals surface area (Å²) in [7, 11) is 1.67. The van der Waals surface area contributed by atoms with Crippen molar-refractivity contribution in [2.24, 2.45) is 0 Å². The lowest BCUT2D eigenvalue weighted by molar-refractivity contribution is -0.143. The van der Waals surface area contributed by atoms with Gasteiger partial charge in [-0.3, -0.25) is 9.78 Å². The lowest BCUT2D eigenvalue weighted by Crippen LogP contribution is -2.12. The number of ether oxygens (including phenoxy) is 2. The van der Waals surface area contributed by atoms with E-state index in [4.69, 9.17) is 14.6 Å². The smallest absolute Gasteiger partial charge is 0.306 e. The predicted molar refractivity (Wildman–Crippen MR) is 115 cm³/mol. The highest BCUT2D eigenvalue weighted by molar-refractivity contribution is 5.84.